The fraction of sp³-hybridized carbons (Fsp3) is 0.138. The standard InChI is InChI=1S/C29H22N2/c1-17-15-29(16-17)19(3)26-25(20-9-5-4-6-10-20)30-28-22-12-8-7-11-21(22)24-18(2)13-14-23(29)27(24)31(26)28/h4-14H,1,3,15-16H2,2H3. The lowest BCUT2D eigenvalue weighted by Crippen LogP contribution is -2.39. The molecule has 2 aliphatic rings. The molecule has 0 saturated heterocycles. The van der Waals surface area contributed by atoms with E-state index >= 15 is 0 Å². The Balaban J connectivity index is 1.79. The van der Waals surface area contributed by atoms with Crippen LogP contribution in [0.5, 0.6) is 0 Å². The number of hydrogen-bond donors (Lipinski definition) is 0. The molecule has 1 fully saturated rings. The van der Waals surface area contributed by atoms with Gasteiger partial charge in [-0.05, 0) is 41.9 Å². The molecule has 0 N–H and O–H groups in total. The van der Waals surface area contributed by atoms with Crippen LogP contribution in [0.25, 0.3) is 44.2 Å². The third-order valence-electron chi connectivity index (χ3n) is 7.45. The summed E-state index contributed by atoms with van der Waals surface area (Å²) in [5, 5.41) is 3.81. The van der Waals surface area contributed by atoms with Crippen molar-refractivity contribution >= 4 is 32.9 Å². The second-order valence-corrected chi connectivity index (χ2v) is 9.20. The van der Waals surface area contributed by atoms with Gasteiger partial charge in [-0.25, -0.2) is 4.98 Å². The average molecular weight is 399 g/mol. The average Bonchev–Trinajstić information content (AvgIpc) is 3.18. The number of fused-ring (bicyclic) bond motifs is 4. The molecule has 148 valence electrons. The van der Waals surface area contributed by atoms with Gasteiger partial charge in [-0.15, -0.1) is 0 Å². The van der Waals surface area contributed by atoms with Crippen molar-refractivity contribution in [3.63, 3.8) is 0 Å². The van der Waals surface area contributed by atoms with E-state index < -0.39 is 0 Å². The van der Waals surface area contributed by atoms with Gasteiger partial charge in [-0.3, -0.25) is 4.40 Å². The highest BCUT2D eigenvalue weighted by Gasteiger charge is 2.49. The summed E-state index contributed by atoms with van der Waals surface area (Å²) < 4.78 is 2.40. The summed E-state index contributed by atoms with van der Waals surface area (Å²) >= 11 is 0. The number of rotatable bonds is 1. The zero-order chi connectivity index (χ0) is 20.9. The topological polar surface area (TPSA) is 17.3 Å². The quantitative estimate of drug-likeness (QED) is 0.215. The number of hydrogen-bond acceptors (Lipinski definition) is 1. The van der Waals surface area contributed by atoms with Crippen LogP contribution in [0.2, 0.25) is 0 Å². The summed E-state index contributed by atoms with van der Waals surface area (Å²) in [6.07, 6.45) is 1.94. The Hall–Kier alpha value is -3.65. The van der Waals surface area contributed by atoms with Gasteiger partial charge in [0.05, 0.1) is 16.9 Å². The molecule has 31 heavy (non-hydrogen) atoms. The molecule has 3 heterocycles. The summed E-state index contributed by atoms with van der Waals surface area (Å²) in [5.41, 5.74) is 10.8. The number of nitrogens with zero attached hydrogens (tertiary/aromatic N) is 2. The van der Waals surface area contributed by atoms with Crippen LogP contribution in [0.1, 0.15) is 29.7 Å². The Morgan fingerprint density at radius 2 is 1.58 bits per heavy atom. The molecule has 5 aromatic rings. The molecule has 0 bridgehead atoms. The Kier molecular flexibility index (Phi) is 3.04. The second-order valence-electron chi connectivity index (χ2n) is 9.20. The van der Waals surface area contributed by atoms with E-state index in [2.05, 4.69) is 84.6 Å². The molecule has 1 aliphatic carbocycles. The smallest absolute Gasteiger partial charge is 0.146 e. The monoisotopic (exact) mass is 398 g/mol. The van der Waals surface area contributed by atoms with Crippen LogP contribution in [-0.2, 0) is 5.41 Å². The fourth-order valence-electron chi connectivity index (χ4n) is 6.04. The second kappa shape index (κ2) is 5.53. The van der Waals surface area contributed by atoms with Gasteiger partial charge in [-0.2, -0.15) is 0 Å². The summed E-state index contributed by atoms with van der Waals surface area (Å²) in [6, 6.07) is 23.9. The van der Waals surface area contributed by atoms with Gasteiger partial charge in [0.15, 0.2) is 0 Å². The third kappa shape index (κ3) is 1.91. The molecular formula is C29H22N2. The summed E-state index contributed by atoms with van der Waals surface area (Å²) in [6.45, 7) is 11.2. The number of pyridine rings is 1. The van der Waals surface area contributed by atoms with Gasteiger partial charge in [0.1, 0.15) is 5.65 Å². The fourth-order valence-corrected chi connectivity index (χ4v) is 6.04. The van der Waals surface area contributed by atoms with Gasteiger partial charge in [0, 0.05) is 21.8 Å². The number of benzene rings is 3. The first-order valence-corrected chi connectivity index (χ1v) is 10.9. The van der Waals surface area contributed by atoms with Crippen LogP contribution in [-0.4, -0.2) is 9.38 Å². The van der Waals surface area contributed by atoms with Crippen LogP contribution in [0, 0.1) is 6.92 Å². The minimum Gasteiger partial charge on any atom is -0.291 e. The molecule has 0 radical (unpaired) electrons. The zero-order valence-electron chi connectivity index (χ0n) is 17.6. The lowest BCUT2D eigenvalue weighted by atomic mass is 9.56. The van der Waals surface area contributed by atoms with Crippen molar-refractivity contribution in [1.82, 2.24) is 9.38 Å². The zero-order valence-corrected chi connectivity index (χ0v) is 17.6. The van der Waals surface area contributed by atoms with Crippen LogP contribution in [0.15, 0.2) is 85.5 Å². The van der Waals surface area contributed by atoms with E-state index in [0.717, 1.165) is 29.7 Å². The van der Waals surface area contributed by atoms with Crippen molar-refractivity contribution in [2.45, 2.75) is 25.2 Å². The first kappa shape index (κ1) is 17.1. The molecule has 0 unspecified atom stereocenters. The molecule has 0 atom stereocenters. The van der Waals surface area contributed by atoms with E-state index in [-0.39, 0.29) is 5.41 Å². The van der Waals surface area contributed by atoms with Crippen molar-refractivity contribution in [2.75, 3.05) is 0 Å². The Bertz CT molecular complexity index is 1610. The maximum atomic E-state index is 5.27. The van der Waals surface area contributed by atoms with Crippen LogP contribution in [0.3, 0.4) is 0 Å². The SMILES string of the molecule is C=C1CC2(C1)C(=C)c1c(-c3ccccc3)nc3c4ccccc4c4c(C)ccc2c4n13. The van der Waals surface area contributed by atoms with Crippen LogP contribution in [0.4, 0.5) is 0 Å². The van der Waals surface area contributed by atoms with Gasteiger partial charge in [0.2, 0.25) is 0 Å². The molecule has 3 aromatic carbocycles. The van der Waals surface area contributed by atoms with Crippen molar-refractivity contribution in [1.29, 1.82) is 0 Å². The number of allylic oxidation sites excluding steroid dienone is 2. The van der Waals surface area contributed by atoms with Gasteiger partial charge in [-0.1, -0.05) is 85.5 Å². The van der Waals surface area contributed by atoms with E-state index in [1.54, 1.807) is 0 Å². The predicted molar refractivity (Wildman–Crippen MR) is 129 cm³/mol. The molecular weight excluding hydrogens is 376 g/mol. The van der Waals surface area contributed by atoms with E-state index in [1.165, 1.54) is 49.6 Å². The summed E-state index contributed by atoms with van der Waals surface area (Å²) in [7, 11) is 0. The molecule has 0 amide bonds. The largest absolute Gasteiger partial charge is 0.291 e. The summed E-state index contributed by atoms with van der Waals surface area (Å²) in [4.78, 5) is 5.27. The minimum absolute atomic E-state index is 0.0714. The van der Waals surface area contributed by atoms with E-state index in [9.17, 15) is 0 Å². The van der Waals surface area contributed by atoms with Gasteiger partial charge < -0.3 is 0 Å². The number of aryl methyl sites for hydroxylation is 1. The Morgan fingerprint density at radius 1 is 0.871 bits per heavy atom. The van der Waals surface area contributed by atoms with Crippen molar-refractivity contribution in [3.8, 4) is 11.3 Å². The van der Waals surface area contributed by atoms with E-state index in [1.807, 2.05) is 0 Å². The highest BCUT2D eigenvalue weighted by molar-refractivity contribution is 6.16. The summed E-state index contributed by atoms with van der Waals surface area (Å²) in [5.74, 6) is 0. The number of imidazole rings is 1. The molecule has 1 saturated carbocycles. The van der Waals surface area contributed by atoms with Crippen molar-refractivity contribution < 1.29 is 0 Å². The molecule has 2 nitrogen and oxygen atoms in total. The van der Waals surface area contributed by atoms with Crippen molar-refractivity contribution in [3.05, 3.63) is 102 Å². The van der Waals surface area contributed by atoms with E-state index in [4.69, 9.17) is 11.6 Å². The normalized spacial score (nSPS) is 16.7. The predicted octanol–water partition coefficient (Wildman–Crippen LogP) is 7.23. The van der Waals surface area contributed by atoms with Crippen LogP contribution < -0.4 is 0 Å². The molecule has 2 heteroatoms. The molecule has 7 rings (SSSR count). The van der Waals surface area contributed by atoms with Gasteiger partial charge >= 0.3 is 0 Å². The lowest BCUT2D eigenvalue weighted by Gasteiger charge is -2.48. The molecule has 2 aromatic heterocycles. The maximum Gasteiger partial charge on any atom is 0.146 e. The first-order valence-electron chi connectivity index (χ1n) is 10.9. The highest BCUT2D eigenvalue weighted by atomic mass is 15.0. The molecule has 1 spiro atoms. The van der Waals surface area contributed by atoms with Crippen LogP contribution >= 0.6 is 0 Å². The maximum absolute atomic E-state index is 5.27. The van der Waals surface area contributed by atoms with Crippen molar-refractivity contribution in [2.24, 2.45) is 0 Å². The Labute approximate surface area is 181 Å². The Morgan fingerprint density at radius 3 is 2.32 bits per heavy atom. The molecule has 1 aliphatic heterocycles. The highest BCUT2D eigenvalue weighted by Crippen LogP contribution is 2.60. The lowest BCUT2D eigenvalue weighted by molar-refractivity contribution is 0.435. The van der Waals surface area contributed by atoms with E-state index in [0.29, 0.717) is 0 Å². The van der Waals surface area contributed by atoms with Gasteiger partial charge in [0.25, 0.3) is 0 Å². The number of aromatic nitrogens is 2. The third-order valence-corrected chi connectivity index (χ3v) is 7.45. The first-order chi connectivity index (χ1) is 15.1. The minimum atomic E-state index is -0.0714.